The van der Waals surface area contributed by atoms with Crippen molar-refractivity contribution in [3.8, 4) is 0 Å². The van der Waals surface area contributed by atoms with E-state index in [2.05, 4.69) is 20.9 Å². The van der Waals surface area contributed by atoms with Crippen LogP contribution in [0.4, 0.5) is 11.5 Å². The predicted octanol–water partition coefficient (Wildman–Crippen LogP) is 3.41. The summed E-state index contributed by atoms with van der Waals surface area (Å²) in [4.78, 5) is 60.9. The molecule has 2 aromatic carbocycles. The highest BCUT2D eigenvalue weighted by Gasteiger charge is 2.51. The first-order valence-electron chi connectivity index (χ1n) is 15.6. The molecule has 3 N–H and O–H groups in total. The normalized spacial score (nSPS) is 21.7. The van der Waals surface area contributed by atoms with E-state index in [0.29, 0.717) is 50.4 Å². The second-order valence-corrected chi connectivity index (χ2v) is 12.9. The van der Waals surface area contributed by atoms with E-state index in [1.807, 2.05) is 68.6 Å². The minimum Gasteiger partial charge on any atom is -0.342 e. The first-order chi connectivity index (χ1) is 21.6. The molecule has 2 atom stereocenters. The second kappa shape index (κ2) is 12.1. The molecule has 3 aromatic rings. The van der Waals surface area contributed by atoms with Crippen LogP contribution in [0.3, 0.4) is 0 Å². The monoisotopic (exact) mass is 608 g/mol. The number of amides is 4. The van der Waals surface area contributed by atoms with Crippen LogP contribution in [0.1, 0.15) is 54.5 Å². The van der Waals surface area contributed by atoms with Crippen molar-refractivity contribution in [3.63, 3.8) is 0 Å². The maximum Gasteiger partial charge on any atom is 0.244 e. The highest BCUT2D eigenvalue weighted by molar-refractivity contribution is 6.06. The van der Waals surface area contributed by atoms with Gasteiger partial charge in [0, 0.05) is 50.6 Å². The molecule has 10 nitrogen and oxygen atoms in total. The zero-order chi connectivity index (χ0) is 31.8. The first kappa shape index (κ1) is 30.5. The number of likely N-dealkylation sites (tertiary alicyclic amines) is 1. The van der Waals surface area contributed by atoms with Gasteiger partial charge in [0.2, 0.25) is 23.6 Å². The highest BCUT2D eigenvalue weighted by Crippen LogP contribution is 2.47. The fourth-order valence-electron chi connectivity index (χ4n) is 7.26. The van der Waals surface area contributed by atoms with Crippen LogP contribution in [0.25, 0.3) is 0 Å². The van der Waals surface area contributed by atoms with Crippen LogP contribution in [-0.4, -0.2) is 65.1 Å². The second-order valence-electron chi connectivity index (χ2n) is 12.9. The third-order valence-corrected chi connectivity index (χ3v) is 9.59. The Morgan fingerprint density at radius 3 is 2.60 bits per heavy atom. The molecule has 6 rings (SSSR count). The Morgan fingerprint density at radius 1 is 1.04 bits per heavy atom. The summed E-state index contributed by atoms with van der Waals surface area (Å²) in [5.41, 5.74) is 4.13. The van der Waals surface area contributed by atoms with Gasteiger partial charge in [-0.2, -0.15) is 0 Å². The molecule has 10 heteroatoms. The topological polar surface area (TPSA) is 124 Å². The van der Waals surface area contributed by atoms with Crippen LogP contribution in [0.15, 0.2) is 60.8 Å². The van der Waals surface area contributed by atoms with Crippen LogP contribution < -0.4 is 16.0 Å². The molecule has 1 unspecified atom stereocenters. The molecule has 234 valence electrons. The average Bonchev–Trinajstić information content (AvgIpc) is 3.54. The number of aromatic nitrogens is 1. The van der Waals surface area contributed by atoms with Gasteiger partial charge in [0.15, 0.2) is 0 Å². The molecule has 1 saturated heterocycles. The van der Waals surface area contributed by atoms with Crippen LogP contribution >= 0.6 is 0 Å². The van der Waals surface area contributed by atoms with Gasteiger partial charge in [0.25, 0.3) is 0 Å². The number of piperidine rings is 1. The quantitative estimate of drug-likeness (QED) is 0.360. The molecule has 3 aliphatic rings. The standard InChI is InChI=1S/C35H40N6O4/c1-23(42)40-15-7-13-34(2,22-40)33(45)41(20-26-9-5-4-8-25(26)19-36-3)21-30(43)38-28-12-11-24-17-35(18-27(24)16-28)29-10-6-14-37-31(29)39-32(35)44/h4-6,8-12,14,16,36H,7,13,15,17-22H2,1-3H3,(H,38,43)(H,37,39,44)/t34?,35-/m1/s1. The third kappa shape index (κ3) is 5.82. The van der Waals surface area contributed by atoms with Gasteiger partial charge in [-0.3, -0.25) is 19.2 Å². The molecular weight excluding hydrogens is 568 g/mol. The summed E-state index contributed by atoms with van der Waals surface area (Å²) in [6.45, 7) is 5.17. The van der Waals surface area contributed by atoms with Crippen molar-refractivity contribution in [1.29, 1.82) is 0 Å². The Morgan fingerprint density at radius 2 is 1.82 bits per heavy atom. The number of hydrogen-bond donors (Lipinski definition) is 3. The summed E-state index contributed by atoms with van der Waals surface area (Å²) < 4.78 is 0. The van der Waals surface area contributed by atoms with Crippen molar-refractivity contribution < 1.29 is 19.2 Å². The Bertz CT molecular complexity index is 1670. The number of hydrogen-bond acceptors (Lipinski definition) is 6. The Hall–Kier alpha value is -4.57. The van der Waals surface area contributed by atoms with E-state index < -0.39 is 10.8 Å². The van der Waals surface area contributed by atoms with E-state index in [0.717, 1.165) is 34.2 Å². The van der Waals surface area contributed by atoms with Gasteiger partial charge in [-0.25, -0.2) is 4.98 Å². The summed E-state index contributed by atoms with van der Waals surface area (Å²) >= 11 is 0. The summed E-state index contributed by atoms with van der Waals surface area (Å²) in [5.74, 6) is 0.0650. The predicted molar refractivity (Wildman–Crippen MR) is 171 cm³/mol. The van der Waals surface area contributed by atoms with Crippen molar-refractivity contribution in [2.75, 3.05) is 37.3 Å². The minimum atomic E-state index is -0.795. The smallest absolute Gasteiger partial charge is 0.244 e. The number of fused-ring (bicyclic) bond motifs is 3. The number of rotatable bonds is 8. The van der Waals surface area contributed by atoms with Crippen molar-refractivity contribution in [2.45, 2.75) is 58.0 Å². The molecule has 1 fully saturated rings. The number of nitrogens with zero attached hydrogens (tertiary/aromatic N) is 3. The van der Waals surface area contributed by atoms with E-state index >= 15 is 0 Å². The van der Waals surface area contributed by atoms with E-state index in [-0.39, 0.29) is 36.7 Å². The van der Waals surface area contributed by atoms with E-state index in [9.17, 15) is 19.2 Å². The van der Waals surface area contributed by atoms with E-state index in [4.69, 9.17) is 0 Å². The molecule has 1 spiro atoms. The lowest BCUT2D eigenvalue weighted by molar-refractivity contribution is -0.149. The fraction of sp³-hybridized carbons (Fsp3) is 0.400. The van der Waals surface area contributed by atoms with Crippen molar-refractivity contribution in [2.24, 2.45) is 5.41 Å². The van der Waals surface area contributed by atoms with E-state index in [1.54, 1.807) is 16.0 Å². The summed E-state index contributed by atoms with van der Waals surface area (Å²) in [6.07, 6.45) is 4.15. The molecule has 1 aromatic heterocycles. The van der Waals surface area contributed by atoms with Crippen molar-refractivity contribution >= 4 is 35.1 Å². The van der Waals surface area contributed by atoms with Gasteiger partial charge in [0.05, 0.1) is 10.8 Å². The zero-order valence-corrected chi connectivity index (χ0v) is 26.1. The molecule has 3 heterocycles. The number of benzene rings is 2. The van der Waals surface area contributed by atoms with Gasteiger partial charge in [-0.1, -0.05) is 36.4 Å². The minimum absolute atomic E-state index is 0.0504. The number of pyridine rings is 1. The summed E-state index contributed by atoms with van der Waals surface area (Å²) in [5, 5.41) is 9.12. The van der Waals surface area contributed by atoms with E-state index in [1.165, 1.54) is 6.92 Å². The molecule has 0 bridgehead atoms. The van der Waals surface area contributed by atoms with Gasteiger partial charge in [-0.15, -0.1) is 0 Å². The third-order valence-electron chi connectivity index (χ3n) is 9.59. The lowest BCUT2D eigenvalue weighted by atomic mass is 9.79. The van der Waals surface area contributed by atoms with Crippen molar-refractivity contribution in [3.05, 3.63) is 88.6 Å². The van der Waals surface area contributed by atoms with Crippen molar-refractivity contribution in [1.82, 2.24) is 20.1 Å². The molecule has 0 saturated carbocycles. The van der Waals surface area contributed by atoms with Crippen LogP contribution in [0.2, 0.25) is 0 Å². The maximum absolute atomic E-state index is 14.2. The highest BCUT2D eigenvalue weighted by atomic mass is 16.2. The number of nitrogens with one attached hydrogen (secondary N) is 3. The lowest BCUT2D eigenvalue weighted by Crippen LogP contribution is -2.53. The summed E-state index contributed by atoms with van der Waals surface area (Å²) in [6, 6.07) is 17.5. The molecule has 1 aliphatic carbocycles. The van der Waals surface area contributed by atoms with Gasteiger partial charge in [-0.05, 0) is 80.1 Å². The van der Waals surface area contributed by atoms with Crippen LogP contribution in [0, 0.1) is 5.41 Å². The number of anilines is 2. The Balaban J connectivity index is 1.22. The zero-order valence-electron chi connectivity index (χ0n) is 26.1. The number of carbonyl (C=O) groups is 4. The van der Waals surface area contributed by atoms with Gasteiger partial charge >= 0.3 is 0 Å². The SMILES string of the molecule is CNCc1ccccc1CN(CC(=O)Nc1ccc2c(c1)C[C@@]1(C2)C(=O)Nc2ncccc21)C(=O)C1(C)CCCN(C(C)=O)C1. The summed E-state index contributed by atoms with van der Waals surface area (Å²) in [7, 11) is 1.87. The molecule has 45 heavy (non-hydrogen) atoms. The Labute approximate surface area is 263 Å². The maximum atomic E-state index is 14.2. The molecule has 4 amide bonds. The molecular formula is C35H40N6O4. The van der Waals surface area contributed by atoms with Crippen LogP contribution in [0.5, 0.6) is 0 Å². The van der Waals surface area contributed by atoms with Gasteiger partial charge < -0.3 is 25.8 Å². The fourth-order valence-corrected chi connectivity index (χ4v) is 7.26. The number of carbonyl (C=O) groups excluding carboxylic acids is 4. The largest absolute Gasteiger partial charge is 0.342 e. The first-order valence-corrected chi connectivity index (χ1v) is 15.6. The molecule has 0 radical (unpaired) electrons. The molecule has 2 aliphatic heterocycles. The van der Waals surface area contributed by atoms with Gasteiger partial charge in [0.1, 0.15) is 12.4 Å². The lowest BCUT2D eigenvalue weighted by Gasteiger charge is -2.41. The Kier molecular flexibility index (Phi) is 8.18. The van der Waals surface area contributed by atoms with Crippen LogP contribution in [-0.2, 0) is 50.5 Å². The average molecular weight is 609 g/mol.